The van der Waals surface area contributed by atoms with E-state index < -0.39 is 0 Å². The molecule has 1 N–H and O–H groups in total. The van der Waals surface area contributed by atoms with Crippen molar-refractivity contribution >= 4 is 5.69 Å². The Bertz CT molecular complexity index is 311. The van der Waals surface area contributed by atoms with E-state index in [4.69, 9.17) is 0 Å². The number of aromatic nitrogens is 1. The van der Waals surface area contributed by atoms with Gasteiger partial charge in [0.1, 0.15) is 0 Å². The number of hydrogen-bond donors (Lipinski definition) is 1. The lowest BCUT2D eigenvalue weighted by molar-refractivity contribution is 0.484. The van der Waals surface area contributed by atoms with Gasteiger partial charge in [-0.3, -0.25) is 4.98 Å². The minimum atomic E-state index is 0.580. The Morgan fingerprint density at radius 1 is 1.57 bits per heavy atom. The van der Waals surface area contributed by atoms with Gasteiger partial charge in [0.05, 0.1) is 0 Å². The van der Waals surface area contributed by atoms with Gasteiger partial charge >= 0.3 is 0 Å². The molecule has 0 aromatic carbocycles. The highest BCUT2D eigenvalue weighted by atomic mass is 15.2. The second kappa shape index (κ2) is 3.96. The van der Waals surface area contributed by atoms with Crippen molar-refractivity contribution in [3.05, 3.63) is 24.0 Å². The highest BCUT2D eigenvalue weighted by Crippen LogP contribution is 2.19. The summed E-state index contributed by atoms with van der Waals surface area (Å²) in [6.45, 7) is 7.60. The molecule has 76 valence electrons. The number of piperazine rings is 1. The molecule has 0 spiro atoms. The first kappa shape index (κ1) is 9.46. The van der Waals surface area contributed by atoms with Crippen molar-refractivity contribution in [1.29, 1.82) is 0 Å². The highest BCUT2D eigenvalue weighted by Gasteiger charge is 2.16. The second-order valence-corrected chi connectivity index (χ2v) is 3.96. The fraction of sp³-hybridized carbons (Fsp3) is 0.545. The van der Waals surface area contributed by atoms with Gasteiger partial charge < -0.3 is 10.2 Å². The summed E-state index contributed by atoms with van der Waals surface area (Å²) in [4.78, 5) is 6.55. The van der Waals surface area contributed by atoms with Gasteiger partial charge in [-0.2, -0.15) is 0 Å². The predicted molar refractivity (Wildman–Crippen MR) is 58.7 cm³/mol. The maximum Gasteiger partial charge on any atom is 0.0427 e. The third kappa shape index (κ3) is 1.87. The summed E-state index contributed by atoms with van der Waals surface area (Å²) in [5.74, 6) is 0. The van der Waals surface area contributed by atoms with Crippen molar-refractivity contribution in [2.24, 2.45) is 0 Å². The molecule has 1 atom stereocenters. The van der Waals surface area contributed by atoms with Gasteiger partial charge in [0, 0.05) is 43.8 Å². The van der Waals surface area contributed by atoms with E-state index in [0.29, 0.717) is 6.04 Å². The molecule has 0 unspecified atom stereocenters. The van der Waals surface area contributed by atoms with E-state index in [1.807, 2.05) is 12.4 Å². The van der Waals surface area contributed by atoms with E-state index in [1.54, 1.807) is 0 Å². The number of aryl methyl sites for hydroxylation is 1. The Morgan fingerprint density at radius 2 is 2.43 bits per heavy atom. The summed E-state index contributed by atoms with van der Waals surface area (Å²) in [6.07, 6.45) is 3.80. The predicted octanol–water partition coefficient (Wildman–Crippen LogP) is 1.19. The van der Waals surface area contributed by atoms with Crippen LogP contribution in [0.4, 0.5) is 5.69 Å². The van der Waals surface area contributed by atoms with Crippen LogP contribution in [-0.2, 0) is 0 Å². The Hall–Kier alpha value is -1.09. The maximum absolute atomic E-state index is 4.12. The lowest BCUT2D eigenvalue weighted by atomic mass is 10.2. The van der Waals surface area contributed by atoms with E-state index in [2.05, 4.69) is 35.1 Å². The largest absolute Gasteiger partial charge is 0.368 e. The number of pyridine rings is 1. The molecule has 0 amide bonds. The van der Waals surface area contributed by atoms with Gasteiger partial charge in [-0.15, -0.1) is 0 Å². The summed E-state index contributed by atoms with van der Waals surface area (Å²) in [7, 11) is 0. The number of hydrogen-bond acceptors (Lipinski definition) is 3. The molecule has 1 fully saturated rings. The summed E-state index contributed by atoms with van der Waals surface area (Å²) in [5.41, 5.74) is 2.59. The van der Waals surface area contributed by atoms with E-state index in [0.717, 1.165) is 19.6 Å². The normalized spacial score (nSPS) is 22.4. The molecular weight excluding hydrogens is 174 g/mol. The molecule has 2 heterocycles. The van der Waals surface area contributed by atoms with Gasteiger partial charge in [0.2, 0.25) is 0 Å². The molecular formula is C11H17N3. The lowest BCUT2D eigenvalue weighted by Crippen LogP contribution is -2.49. The fourth-order valence-corrected chi connectivity index (χ4v) is 1.97. The molecule has 14 heavy (non-hydrogen) atoms. The smallest absolute Gasteiger partial charge is 0.0427 e. The van der Waals surface area contributed by atoms with Gasteiger partial charge in [0.15, 0.2) is 0 Å². The van der Waals surface area contributed by atoms with Crippen molar-refractivity contribution in [3.8, 4) is 0 Å². The zero-order valence-electron chi connectivity index (χ0n) is 8.83. The molecule has 1 aromatic heterocycles. The Kier molecular flexibility index (Phi) is 2.68. The molecule has 1 aliphatic heterocycles. The number of nitrogens with zero attached hydrogens (tertiary/aromatic N) is 2. The van der Waals surface area contributed by atoms with Crippen molar-refractivity contribution < 1.29 is 0 Å². The first-order valence-electron chi connectivity index (χ1n) is 5.16. The van der Waals surface area contributed by atoms with Crippen LogP contribution in [0.3, 0.4) is 0 Å². The first-order chi connectivity index (χ1) is 6.77. The van der Waals surface area contributed by atoms with E-state index >= 15 is 0 Å². The van der Waals surface area contributed by atoms with Crippen molar-refractivity contribution in [3.63, 3.8) is 0 Å². The fourth-order valence-electron chi connectivity index (χ4n) is 1.97. The van der Waals surface area contributed by atoms with Crippen molar-refractivity contribution in [1.82, 2.24) is 10.3 Å². The molecule has 1 aromatic rings. The van der Waals surface area contributed by atoms with Crippen LogP contribution < -0.4 is 10.2 Å². The maximum atomic E-state index is 4.12. The summed E-state index contributed by atoms with van der Waals surface area (Å²) in [6, 6.07) is 2.68. The minimum Gasteiger partial charge on any atom is -0.368 e. The second-order valence-electron chi connectivity index (χ2n) is 3.96. The van der Waals surface area contributed by atoms with Gasteiger partial charge in [0.25, 0.3) is 0 Å². The topological polar surface area (TPSA) is 28.2 Å². The highest BCUT2D eigenvalue weighted by molar-refractivity contribution is 5.52. The van der Waals surface area contributed by atoms with Crippen LogP contribution in [0.2, 0.25) is 0 Å². The zero-order valence-corrected chi connectivity index (χ0v) is 8.83. The molecule has 0 radical (unpaired) electrons. The van der Waals surface area contributed by atoms with Gasteiger partial charge in [-0.05, 0) is 25.5 Å². The van der Waals surface area contributed by atoms with Crippen LogP contribution in [0, 0.1) is 6.92 Å². The van der Waals surface area contributed by atoms with Crippen molar-refractivity contribution in [2.45, 2.75) is 19.9 Å². The van der Waals surface area contributed by atoms with Crippen LogP contribution in [-0.4, -0.2) is 30.7 Å². The van der Waals surface area contributed by atoms with Crippen LogP contribution in [0.1, 0.15) is 12.5 Å². The third-order valence-corrected chi connectivity index (χ3v) is 2.70. The summed E-state index contributed by atoms with van der Waals surface area (Å²) in [5, 5.41) is 3.44. The molecule has 2 rings (SSSR count). The summed E-state index contributed by atoms with van der Waals surface area (Å²) >= 11 is 0. The Labute approximate surface area is 85.1 Å². The van der Waals surface area contributed by atoms with Gasteiger partial charge in [-0.25, -0.2) is 0 Å². The SMILES string of the molecule is Cc1cnccc1N1CCN[C@H](C)C1. The molecule has 0 aliphatic carbocycles. The lowest BCUT2D eigenvalue weighted by Gasteiger charge is -2.34. The zero-order chi connectivity index (χ0) is 9.97. The summed E-state index contributed by atoms with van der Waals surface area (Å²) < 4.78 is 0. The van der Waals surface area contributed by atoms with Crippen LogP contribution >= 0.6 is 0 Å². The van der Waals surface area contributed by atoms with Crippen LogP contribution in [0.25, 0.3) is 0 Å². The quantitative estimate of drug-likeness (QED) is 0.722. The number of rotatable bonds is 1. The Morgan fingerprint density at radius 3 is 3.14 bits per heavy atom. The van der Waals surface area contributed by atoms with Crippen molar-refractivity contribution in [2.75, 3.05) is 24.5 Å². The number of anilines is 1. The van der Waals surface area contributed by atoms with Crippen LogP contribution in [0.5, 0.6) is 0 Å². The van der Waals surface area contributed by atoms with E-state index in [1.165, 1.54) is 11.3 Å². The van der Waals surface area contributed by atoms with E-state index in [-0.39, 0.29) is 0 Å². The Balaban J connectivity index is 2.18. The monoisotopic (exact) mass is 191 g/mol. The molecule has 1 aliphatic rings. The average Bonchev–Trinajstić information content (AvgIpc) is 2.18. The first-order valence-corrected chi connectivity index (χ1v) is 5.16. The molecule has 1 saturated heterocycles. The molecule has 0 saturated carbocycles. The third-order valence-electron chi connectivity index (χ3n) is 2.70. The van der Waals surface area contributed by atoms with E-state index in [9.17, 15) is 0 Å². The van der Waals surface area contributed by atoms with Crippen LogP contribution in [0.15, 0.2) is 18.5 Å². The average molecular weight is 191 g/mol. The molecule has 3 nitrogen and oxygen atoms in total. The van der Waals surface area contributed by atoms with Gasteiger partial charge in [-0.1, -0.05) is 0 Å². The molecule has 3 heteroatoms. The number of nitrogens with one attached hydrogen (secondary N) is 1. The minimum absolute atomic E-state index is 0.580. The molecule has 0 bridgehead atoms. The standard InChI is InChI=1S/C11H17N3/c1-9-7-12-4-3-11(9)14-6-5-13-10(2)8-14/h3-4,7,10,13H,5-6,8H2,1-2H3/t10-/m1/s1.